The lowest BCUT2D eigenvalue weighted by Crippen LogP contribution is -2.23. The van der Waals surface area contributed by atoms with Crippen LogP contribution in [0.3, 0.4) is 0 Å². The number of hydrogen-bond acceptors (Lipinski definition) is 7. The van der Waals surface area contributed by atoms with Crippen LogP contribution in [0.15, 0.2) is 36.4 Å². The molecule has 0 saturated heterocycles. The number of anilines is 1. The van der Waals surface area contributed by atoms with E-state index in [0.29, 0.717) is 28.7 Å². The van der Waals surface area contributed by atoms with Gasteiger partial charge in [-0.2, -0.15) is 0 Å². The van der Waals surface area contributed by atoms with E-state index in [0.717, 1.165) is 5.56 Å². The fraction of sp³-hybridized carbons (Fsp3) is 0.391. The Hall–Kier alpha value is -3.42. The van der Waals surface area contributed by atoms with E-state index < -0.39 is 18.5 Å². The first kappa shape index (κ1) is 23.9. The second-order valence-corrected chi connectivity index (χ2v) is 7.69. The third-order valence-electron chi connectivity index (χ3n) is 4.39. The van der Waals surface area contributed by atoms with E-state index in [2.05, 4.69) is 26.1 Å². The smallest absolute Gasteiger partial charge is 0.344 e. The second kappa shape index (κ2) is 10.6. The topological polar surface area (TPSA) is 92.3 Å². The van der Waals surface area contributed by atoms with Crippen molar-refractivity contribution in [2.45, 2.75) is 26.2 Å². The molecule has 0 saturated carbocycles. The summed E-state index contributed by atoms with van der Waals surface area (Å²) < 4.78 is 26.1. The number of hydrogen-bond donors (Lipinski definition) is 1. The Kier molecular flexibility index (Phi) is 8.13. The fourth-order valence-electron chi connectivity index (χ4n) is 2.73. The summed E-state index contributed by atoms with van der Waals surface area (Å²) in [6.45, 7) is 5.59. The lowest BCUT2D eigenvalue weighted by atomic mass is 9.87. The van der Waals surface area contributed by atoms with Gasteiger partial charge in [-0.25, -0.2) is 4.79 Å². The number of ether oxygens (including phenoxy) is 5. The van der Waals surface area contributed by atoms with Crippen LogP contribution in [0.2, 0.25) is 0 Å². The highest BCUT2D eigenvalue weighted by molar-refractivity contribution is 5.93. The van der Waals surface area contributed by atoms with Crippen LogP contribution in [-0.2, 0) is 19.7 Å². The minimum Gasteiger partial charge on any atom is -0.493 e. The fourth-order valence-corrected chi connectivity index (χ4v) is 2.73. The van der Waals surface area contributed by atoms with Crippen LogP contribution in [0, 0.1) is 0 Å². The van der Waals surface area contributed by atoms with Gasteiger partial charge in [0.25, 0.3) is 5.91 Å². The molecule has 0 spiro atoms. The molecular formula is C23H29NO7. The van der Waals surface area contributed by atoms with Crippen LogP contribution in [0.5, 0.6) is 23.0 Å². The van der Waals surface area contributed by atoms with Gasteiger partial charge in [0, 0.05) is 17.8 Å². The minimum atomic E-state index is -0.653. The number of nitrogens with one attached hydrogen (secondary N) is 1. The Labute approximate surface area is 182 Å². The average Bonchev–Trinajstić information content (AvgIpc) is 2.75. The maximum absolute atomic E-state index is 12.1. The van der Waals surface area contributed by atoms with Gasteiger partial charge in [0.2, 0.25) is 5.75 Å². The van der Waals surface area contributed by atoms with Crippen LogP contribution in [0.1, 0.15) is 26.3 Å². The summed E-state index contributed by atoms with van der Waals surface area (Å²) in [5, 5.41) is 2.62. The van der Waals surface area contributed by atoms with Crippen molar-refractivity contribution >= 4 is 17.6 Å². The second-order valence-electron chi connectivity index (χ2n) is 7.69. The Morgan fingerprint density at radius 3 is 1.94 bits per heavy atom. The third-order valence-corrected chi connectivity index (χ3v) is 4.39. The summed E-state index contributed by atoms with van der Waals surface area (Å²) in [6, 6.07) is 10.6. The monoisotopic (exact) mass is 431 g/mol. The van der Waals surface area contributed by atoms with Gasteiger partial charge in [-0.15, -0.1) is 0 Å². The quantitative estimate of drug-likeness (QED) is 0.607. The first-order chi connectivity index (χ1) is 14.7. The molecule has 0 bridgehead atoms. The van der Waals surface area contributed by atoms with Gasteiger partial charge in [-0.05, 0) is 23.1 Å². The number of rotatable bonds is 9. The predicted octanol–water partition coefficient (Wildman–Crippen LogP) is 3.57. The minimum absolute atomic E-state index is 0.0305. The highest BCUT2D eigenvalue weighted by Crippen LogP contribution is 2.39. The third kappa shape index (κ3) is 6.80. The van der Waals surface area contributed by atoms with E-state index in [1.807, 2.05) is 12.1 Å². The maximum atomic E-state index is 12.1. The van der Waals surface area contributed by atoms with E-state index in [9.17, 15) is 9.59 Å². The van der Waals surface area contributed by atoms with Gasteiger partial charge in [0.15, 0.2) is 24.7 Å². The summed E-state index contributed by atoms with van der Waals surface area (Å²) in [5.74, 6) is 0.561. The molecule has 0 unspecified atom stereocenters. The molecule has 8 heteroatoms. The molecular weight excluding hydrogens is 402 g/mol. The van der Waals surface area contributed by atoms with E-state index in [4.69, 9.17) is 23.7 Å². The Morgan fingerprint density at radius 2 is 1.45 bits per heavy atom. The molecule has 2 aromatic carbocycles. The first-order valence-electron chi connectivity index (χ1n) is 9.66. The molecule has 0 radical (unpaired) electrons. The van der Waals surface area contributed by atoms with Crippen molar-refractivity contribution in [1.29, 1.82) is 0 Å². The molecule has 0 aliphatic rings. The van der Waals surface area contributed by atoms with Crippen molar-refractivity contribution in [3.8, 4) is 23.0 Å². The van der Waals surface area contributed by atoms with Crippen molar-refractivity contribution in [2.75, 3.05) is 39.9 Å². The number of carbonyl (C=O) groups excluding carboxylic acids is 2. The molecule has 0 atom stereocenters. The zero-order chi connectivity index (χ0) is 23.0. The Morgan fingerprint density at radius 1 is 0.871 bits per heavy atom. The summed E-state index contributed by atoms with van der Waals surface area (Å²) in [7, 11) is 4.43. The van der Waals surface area contributed by atoms with E-state index in [-0.39, 0.29) is 12.0 Å². The standard InChI is InChI=1S/C23H29NO7/c1-23(2,3)15-7-9-17(10-8-15)30-14-21(26)31-13-20(25)24-16-11-18(27-4)22(29-6)19(12-16)28-5/h7-12H,13-14H2,1-6H3,(H,24,25). The molecule has 2 rings (SSSR count). The highest BCUT2D eigenvalue weighted by Gasteiger charge is 2.16. The van der Waals surface area contributed by atoms with Crippen LogP contribution in [0.25, 0.3) is 0 Å². The summed E-state index contributed by atoms with van der Waals surface area (Å²) in [6.07, 6.45) is 0. The van der Waals surface area contributed by atoms with Crippen LogP contribution in [0.4, 0.5) is 5.69 Å². The van der Waals surface area contributed by atoms with Crippen LogP contribution < -0.4 is 24.3 Å². The molecule has 1 amide bonds. The average molecular weight is 431 g/mol. The Bertz CT molecular complexity index is 876. The number of esters is 1. The zero-order valence-electron chi connectivity index (χ0n) is 18.7. The molecule has 0 aliphatic heterocycles. The Balaban J connectivity index is 1.85. The molecule has 2 aromatic rings. The van der Waals surface area contributed by atoms with Crippen molar-refractivity contribution in [3.63, 3.8) is 0 Å². The molecule has 31 heavy (non-hydrogen) atoms. The summed E-state index contributed by atoms with van der Waals surface area (Å²) >= 11 is 0. The lowest BCUT2D eigenvalue weighted by molar-refractivity contribution is -0.149. The van der Waals surface area contributed by atoms with Crippen molar-refractivity contribution in [1.82, 2.24) is 0 Å². The van der Waals surface area contributed by atoms with Crippen molar-refractivity contribution in [3.05, 3.63) is 42.0 Å². The van der Waals surface area contributed by atoms with Gasteiger partial charge in [-0.1, -0.05) is 32.9 Å². The molecule has 0 aromatic heterocycles. The van der Waals surface area contributed by atoms with Gasteiger partial charge in [0.05, 0.1) is 21.3 Å². The SMILES string of the molecule is COc1cc(NC(=O)COC(=O)COc2ccc(C(C)(C)C)cc2)cc(OC)c1OC. The van der Waals surface area contributed by atoms with Crippen molar-refractivity contribution in [2.24, 2.45) is 0 Å². The highest BCUT2D eigenvalue weighted by atomic mass is 16.6. The molecule has 0 heterocycles. The number of methoxy groups -OCH3 is 3. The normalized spacial score (nSPS) is 10.8. The number of carbonyl (C=O) groups is 2. The molecule has 168 valence electrons. The number of amides is 1. The van der Waals surface area contributed by atoms with Gasteiger partial charge in [-0.3, -0.25) is 4.79 Å². The largest absolute Gasteiger partial charge is 0.493 e. The first-order valence-corrected chi connectivity index (χ1v) is 9.66. The lowest BCUT2D eigenvalue weighted by Gasteiger charge is -2.19. The van der Waals surface area contributed by atoms with Crippen LogP contribution in [-0.4, -0.2) is 46.4 Å². The van der Waals surface area contributed by atoms with E-state index in [1.165, 1.54) is 21.3 Å². The van der Waals surface area contributed by atoms with Gasteiger partial charge in [0.1, 0.15) is 5.75 Å². The van der Waals surface area contributed by atoms with Gasteiger partial charge >= 0.3 is 5.97 Å². The molecule has 0 aliphatic carbocycles. The summed E-state index contributed by atoms with van der Waals surface area (Å²) in [4.78, 5) is 24.0. The van der Waals surface area contributed by atoms with E-state index in [1.54, 1.807) is 24.3 Å². The maximum Gasteiger partial charge on any atom is 0.344 e. The summed E-state index contributed by atoms with van der Waals surface area (Å²) in [5.41, 5.74) is 1.60. The predicted molar refractivity (Wildman–Crippen MR) is 116 cm³/mol. The van der Waals surface area contributed by atoms with Gasteiger partial charge < -0.3 is 29.0 Å². The zero-order valence-corrected chi connectivity index (χ0v) is 18.7. The van der Waals surface area contributed by atoms with E-state index >= 15 is 0 Å². The molecule has 0 fully saturated rings. The molecule has 8 nitrogen and oxygen atoms in total. The number of benzene rings is 2. The van der Waals surface area contributed by atoms with Crippen molar-refractivity contribution < 1.29 is 33.3 Å². The molecule has 1 N–H and O–H groups in total. The van der Waals surface area contributed by atoms with Crippen LogP contribution >= 0.6 is 0 Å².